The minimum absolute atomic E-state index is 0.0970. The predicted octanol–water partition coefficient (Wildman–Crippen LogP) is 3.19. The number of benzene rings is 1. The van der Waals surface area contributed by atoms with Gasteiger partial charge in [0.1, 0.15) is 5.75 Å². The van der Waals surface area contributed by atoms with E-state index in [0.717, 1.165) is 6.07 Å². The van der Waals surface area contributed by atoms with E-state index in [1.165, 1.54) is 24.3 Å². The average Bonchev–Trinajstić information content (AvgIpc) is 2.16. The highest BCUT2D eigenvalue weighted by Gasteiger charge is 2.32. The van der Waals surface area contributed by atoms with E-state index in [4.69, 9.17) is 0 Å². The summed E-state index contributed by atoms with van der Waals surface area (Å²) >= 11 is 0. The van der Waals surface area contributed by atoms with Gasteiger partial charge in [-0.05, 0) is 12.5 Å². The summed E-state index contributed by atoms with van der Waals surface area (Å²) in [5.74, 6) is -0.385. The van der Waals surface area contributed by atoms with Gasteiger partial charge < -0.3 is 9.84 Å². The quantitative estimate of drug-likeness (QED) is 0.808. The highest BCUT2D eigenvalue weighted by Crippen LogP contribution is 2.31. The molecule has 88 valence electrons. The molecule has 1 aromatic carbocycles. The molecule has 16 heavy (non-hydrogen) atoms. The summed E-state index contributed by atoms with van der Waals surface area (Å²) in [5, 5.41) is 9.58. The van der Waals surface area contributed by atoms with Crippen LogP contribution in [0.2, 0.25) is 0 Å². The van der Waals surface area contributed by atoms with Gasteiger partial charge in [-0.2, -0.15) is 0 Å². The molecular weight excluding hydrogens is 221 g/mol. The highest BCUT2D eigenvalue weighted by molar-refractivity contribution is 5.35. The molecular formula is C11H11F3O2. The summed E-state index contributed by atoms with van der Waals surface area (Å²) in [6.45, 7) is 3.41. The summed E-state index contributed by atoms with van der Waals surface area (Å²) < 4.78 is 39.9. The van der Waals surface area contributed by atoms with Gasteiger partial charge in [0.2, 0.25) is 0 Å². The van der Waals surface area contributed by atoms with Gasteiger partial charge in [-0.15, -0.1) is 19.8 Å². The minimum Gasteiger partial charge on any atom is -0.405 e. The zero-order valence-electron chi connectivity index (χ0n) is 8.37. The lowest BCUT2D eigenvalue weighted by Crippen LogP contribution is -2.18. The molecule has 0 fully saturated rings. The van der Waals surface area contributed by atoms with E-state index in [0.29, 0.717) is 0 Å². The molecule has 0 aromatic heterocycles. The summed E-state index contributed by atoms with van der Waals surface area (Å²) in [7, 11) is 0. The maximum Gasteiger partial charge on any atom is 0.573 e. The van der Waals surface area contributed by atoms with Gasteiger partial charge in [0.15, 0.2) is 0 Å². The fourth-order valence-corrected chi connectivity index (χ4v) is 1.26. The molecule has 0 aliphatic rings. The van der Waals surface area contributed by atoms with Crippen molar-refractivity contribution in [2.75, 3.05) is 0 Å². The Morgan fingerprint density at radius 3 is 2.56 bits per heavy atom. The zero-order valence-corrected chi connectivity index (χ0v) is 8.37. The lowest BCUT2D eigenvalue weighted by molar-refractivity contribution is -0.275. The maximum atomic E-state index is 12.0. The molecule has 0 saturated carbocycles. The maximum absolute atomic E-state index is 12.0. The van der Waals surface area contributed by atoms with E-state index in [1.54, 1.807) is 0 Å². The molecule has 0 aliphatic carbocycles. The monoisotopic (exact) mass is 232 g/mol. The van der Waals surface area contributed by atoms with E-state index in [1.807, 2.05) is 0 Å². The third-order valence-electron chi connectivity index (χ3n) is 1.89. The molecule has 5 heteroatoms. The minimum atomic E-state index is -4.76. The van der Waals surface area contributed by atoms with Crippen molar-refractivity contribution in [1.29, 1.82) is 0 Å². The van der Waals surface area contributed by atoms with E-state index in [-0.39, 0.29) is 17.7 Å². The Balaban J connectivity index is 2.95. The summed E-state index contributed by atoms with van der Waals surface area (Å²) in [4.78, 5) is 0. The molecule has 0 bridgehead atoms. The van der Waals surface area contributed by atoms with Gasteiger partial charge in [0.25, 0.3) is 0 Å². The molecule has 1 atom stereocenters. The molecule has 0 heterocycles. The first kappa shape index (κ1) is 12.6. The second-order valence-electron chi connectivity index (χ2n) is 3.13. The number of hydrogen-bond acceptors (Lipinski definition) is 2. The molecule has 1 rings (SSSR count). The van der Waals surface area contributed by atoms with Crippen molar-refractivity contribution < 1.29 is 23.0 Å². The third kappa shape index (κ3) is 3.58. The summed E-state index contributed by atoms with van der Waals surface area (Å²) in [6.07, 6.45) is -4.21. The molecule has 0 saturated heterocycles. The van der Waals surface area contributed by atoms with Crippen LogP contribution < -0.4 is 4.74 Å². The Morgan fingerprint density at radius 2 is 2.00 bits per heavy atom. The number of alkyl halides is 3. The first-order chi connectivity index (χ1) is 7.44. The van der Waals surface area contributed by atoms with Crippen LogP contribution in [0.4, 0.5) is 13.2 Å². The Morgan fingerprint density at radius 1 is 1.38 bits per heavy atom. The van der Waals surface area contributed by atoms with Crippen LogP contribution in [-0.4, -0.2) is 11.5 Å². The van der Waals surface area contributed by atoms with Crippen LogP contribution in [-0.2, 0) is 0 Å². The largest absolute Gasteiger partial charge is 0.573 e. The van der Waals surface area contributed by atoms with Crippen LogP contribution in [0.25, 0.3) is 0 Å². The predicted molar refractivity (Wildman–Crippen MR) is 52.9 cm³/mol. The van der Waals surface area contributed by atoms with Crippen LogP contribution in [0.3, 0.4) is 0 Å². The van der Waals surface area contributed by atoms with Gasteiger partial charge in [-0.25, -0.2) is 0 Å². The first-order valence-corrected chi connectivity index (χ1v) is 4.57. The van der Waals surface area contributed by atoms with Gasteiger partial charge in [-0.3, -0.25) is 0 Å². The topological polar surface area (TPSA) is 29.5 Å². The van der Waals surface area contributed by atoms with Crippen molar-refractivity contribution in [2.24, 2.45) is 0 Å². The molecule has 0 radical (unpaired) electrons. The second-order valence-corrected chi connectivity index (χ2v) is 3.13. The summed E-state index contributed by atoms with van der Waals surface area (Å²) in [6, 6.07) is 5.49. The Hall–Kier alpha value is -1.49. The number of halogens is 3. The lowest BCUT2D eigenvalue weighted by Gasteiger charge is -2.15. The SMILES string of the molecule is C=CCC(O)c1ccccc1OC(F)(F)F. The fraction of sp³-hybridized carbons (Fsp3) is 0.273. The molecule has 1 aromatic rings. The molecule has 1 unspecified atom stereocenters. The van der Waals surface area contributed by atoms with Crippen molar-refractivity contribution >= 4 is 0 Å². The van der Waals surface area contributed by atoms with E-state index in [2.05, 4.69) is 11.3 Å². The van der Waals surface area contributed by atoms with Crippen LogP contribution in [0.15, 0.2) is 36.9 Å². The zero-order chi connectivity index (χ0) is 12.2. The number of ether oxygens (including phenoxy) is 1. The first-order valence-electron chi connectivity index (χ1n) is 4.57. The van der Waals surface area contributed by atoms with Gasteiger partial charge >= 0.3 is 6.36 Å². The number of hydrogen-bond donors (Lipinski definition) is 1. The Kier molecular flexibility index (Phi) is 3.95. The highest BCUT2D eigenvalue weighted by atomic mass is 19.4. The van der Waals surface area contributed by atoms with Crippen molar-refractivity contribution in [3.63, 3.8) is 0 Å². The number of aliphatic hydroxyl groups excluding tert-OH is 1. The smallest absolute Gasteiger partial charge is 0.405 e. The molecule has 1 N–H and O–H groups in total. The average molecular weight is 232 g/mol. The molecule has 0 aliphatic heterocycles. The van der Waals surface area contributed by atoms with Crippen molar-refractivity contribution in [2.45, 2.75) is 18.9 Å². The lowest BCUT2D eigenvalue weighted by atomic mass is 10.1. The van der Waals surface area contributed by atoms with Gasteiger partial charge in [0.05, 0.1) is 6.10 Å². The van der Waals surface area contributed by atoms with Crippen molar-refractivity contribution in [3.05, 3.63) is 42.5 Å². The second kappa shape index (κ2) is 5.03. The standard InChI is InChI=1S/C11H11F3O2/c1-2-5-9(15)8-6-3-4-7-10(8)16-11(12,13)14/h2-4,6-7,9,15H,1,5H2. The van der Waals surface area contributed by atoms with Crippen molar-refractivity contribution in [3.8, 4) is 5.75 Å². The third-order valence-corrected chi connectivity index (χ3v) is 1.89. The van der Waals surface area contributed by atoms with Crippen LogP contribution in [0, 0.1) is 0 Å². The van der Waals surface area contributed by atoms with E-state index in [9.17, 15) is 18.3 Å². The van der Waals surface area contributed by atoms with Crippen molar-refractivity contribution in [1.82, 2.24) is 0 Å². The van der Waals surface area contributed by atoms with Crippen LogP contribution >= 0.6 is 0 Å². The van der Waals surface area contributed by atoms with Crippen LogP contribution in [0.5, 0.6) is 5.75 Å². The normalized spacial score (nSPS) is 13.2. The number of para-hydroxylation sites is 1. The molecule has 0 amide bonds. The van der Waals surface area contributed by atoms with Gasteiger partial charge in [-0.1, -0.05) is 24.3 Å². The van der Waals surface area contributed by atoms with E-state index >= 15 is 0 Å². The van der Waals surface area contributed by atoms with E-state index < -0.39 is 12.5 Å². The Labute approximate surface area is 91.0 Å². The molecule has 0 spiro atoms. The molecule has 2 nitrogen and oxygen atoms in total. The number of aliphatic hydroxyl groups is 1. The van der Waals surface area contributed by atoms with Crippen LogP contribution in [0.1, 0.15) is 18.1 Å². The Bertz CT molecular complexity index is 360. The fourth-order valence-electron chi connectivity index (χ4n) is 1.26. The van der Waals surface area contributed by atoms with Gasteiger partial charge in [0, 0.05) is 5.56 Å². The number of rotatable bonds is 4. The summed E-state index contributed by atoms with van der Waals surface area (Å²) in [5.41, 5.74) is 0.0970.